The summed E-state index contributed by atoms with van der Waals surface area (Å²) in [6, 6.07) is 6.11. The van der Waals surface area contributed by atoms with Crippen molar-refractivity contribution >= 4 is 23.3 Å². The fourth-order valence-corrected chi connectivity index (χ4v) is 3.41. The Morgan fingerprint density at radius 3 is 2.57 bits per heavy atom. The van der Waals surface area contributed by atoms with E-state index in [2.05, 4.69) is 20.2 Å². The lowest BCUT2D eigenvalue weighted by Crippen LogP contribution is -2.36. The predicted molar refractivity (Wildman–Crippen MR) is 108 cm³/mol. The number of nitrogens with zero attached hydrogens (tertiary/aromatic N) is 3. The molecule has 2 aliphatic rings. The van der Waals surface area contributed by atoms with Crippen molar-refractivity contribution in [2.24, 2.45) is 0 Å². The van der Waals surface area contributed by atoms with Gasteiger partial charge in [-0.15, -0.1) is 0 Å². The second-order valence-corrected chi connectivity index (χ2v) is 6.88. The first-order valence-electron chi connectivity index (χ1n) is 9.43. The highest BCUT2D eigenvalue weighted by atomic mass is 16.5. The summed E-state index contributed by atoms with van der Waals surface area (Å²) in [6.07, 6.45) is 6.10. The summed E-state index contributed by atoms with van der Waals surface area (Å²) < 4.78 is 5.40. The molecule has 0 bridgehead atoms. The molecule has 0 spiro atoms. The number of aromatic nitrogens is 2. The average molecular weight is 408 g/mol. The highest BCUT2D eigenvalue weighted by Crippen LogP contribution is 2.28. The van der Waals surface area contributed by atoms with Crippen molar-refractivity contribution in [3.8, 4) is 0 Å². The first-order valence-corrected chi connectivity index (χ1v) is 9.43. The summed E-state index contributed by atoms with van der Waals surface area (Å²) in [6.45, 7) is 2.85. The highest BCUT2D eigenvalue weighted by molar-refractivity contribution is 5.94. The number of aliphatic carboxylic acids is 1. The van der Waals surface area contributed by atoms with Crippen LogP contribution in [0.5, 0.6) is 0 Å². The van der Waals surface area contributed by atoms with Crippen LogP contribution in [0.1, 0.15) is 27.8 Å². The fraction of sp³-hybridized carbons (Fsp3) is 0.238. The first-order chi connectivity index (χ1) is 14.5. The monoisotopic (exact) mass is 408 g/mol. The zero-order valence-electron chi connectivity index (χ0n) is 16.0. The molecule has 4 rings (SSSR count). The van der Waals surface area contributed by atoms with Gasteiger partial charge in [0.2, 0.25) is 0 Å². The van der Waals surface area contributed by atoms with Crippen LogP contribution in [0.25, 0.3) is 5.70 Å². The topological polar surface area (TPSA) is 125 Å². The third-order valence-corrected chi connectivity index (χ3v) is 4.95. The quantitative estimate of drug-likeness (QED) is 0.678. The molecule has 0 aliphatic carbocycles. The van der Waals surface area contributed by atoms with Gasteiger partial charge in [0, 0.05) is 31.2 Å². The molecular weight excluding hydrogens is 388 g/mol. The summed E-state index contributed by atoms with van der Waals surface area (Å²) in [4.78, 5) is 33.8. The van der Waals surface area contributed by atoms with Crippen molar-refractivity contribution in [2.45, 2.75) is 6.04 Å². The van der Waals surface area contributed by atoms with Gasteiger partial charge in [-0.2, -0.15) is 0 Å². The number of hydrogen-bond donors (Lipinski definition) is 3. The molecule has 1 unspecified atom stereocenters. The Labute approximate surface area is 172 Å². The summed E-state index contributed by atoms with van der Waals surface area (Å²) in [7, 11) is 0. The van der Waals surface area contributed by atoms with Gasteiger partial charge in [-0.3, -0.25) is 9.97 Å². The third kappa shape index (κ3) is 4.15. The van der Waals surface area contributed by atoms with Crippen LogP contribution in [0.3, 0.4) is 0 Å². The van der Waals surface area contributed by atoms with E-state index in [4.69, 9.17) is 4.74 Å². The van der Waals surface area contributed by atoms with Gasteiger partial charge in [-0.1, -0.05) is 0 Å². The standard InChI is InChI=1S/C21H20N4O5/c26-20(27)13-1-3-22-16(9-13)18-10-14(21(28)29)11-19(24-18)17-12-15(2-4-23-17)25-5-7-30-8-6-25/h1-4,9-12,19,24H,5-8H2,(H,26,27)(H,28,29). The number of anilines is 1. The van der Waals surface area contributed by atoms with Gasteiger partial charge >= 0.3 is 11.9 Å². The van der Waals surface area contributed by atoms with E-state index >= 15 is 0 Å². The average Bonchev–Trinajstić information content (AvgIpc) is 2.79. The van der Waals surface area contributed by atoms with E-state index in [0.29, 0.717) is 30.3 Å². The predicted octanol–water partition coefficient (Wildman–Crippen LogP) is 1.71. The SMILES string of the molecule is O=C(O)C1=CC(c2cc(N3CCOCC3)ccn2)NC(c2cc(C(=O)O)ccn2)=C1. The second-order valence-electron chi connectivity index (χ2n) is 6.88. The van der Waals surface area contributed by atoms with Gasteiger partial charge in [0.05, 0.1) is 47.5 Å². The molecule has 0 saturated carbocycles. The van der Waals surface area contributed by atoms with E-state index in [1.807, 2.05) is 12.1 Å². The minimum Gasteiger partial charge on any atom is -0.478 e. The number of aromatic carboxylic acids is 1. The Hall–Kier alpha value is -3.72. The lowest BCUT2D eigenvalue weighted by Gasteiger charge is -2.30. The van der Waals surface area contributed by atoms with Crippen LogP contribution in [0.2, 0.25) is 0 Å². The molecule has 1 atom stereocenters. The van der Waals surface area contributed by atoms with Crippen LogP contribution in [0.15, 0.2) is 54.4 Å². The minimum atomic E-state index is -1.09. The van der Waals surface area contributed by atoms with Crippen LogP contribution in [-0.4, -0.2) is 58.4 Å². The van der Waals surface area contributed by atoms with Crippen molar-refractivity contribution in [1.29, 1.82) is 0 Å². The number of carboxylic acid groups (broad SMARTS) is 2. The Bertz CT molecular complexity index is 1040. The van der Waals surface area contributed by atoms with Gasteiger partial charge in [-0.05, 0) is 36.4 Å². The summed E-state index contributed by atoms with van der Waals surface area (Å²) in [5, 5.41) is 22.0. The van der Waals surface area contributed by atoms with E-state index < -0.39 is 18.0 Å². The van der Waals surface area contributed by atoms with Crippen LogP contribution >= 0.6 is 0 Å². The van der Waals surface area contributed by atoms with E-state index in [9.17, 15) is 19.8 Å². The van der Waals surface area contributed by atoms with E-state index in [1.54, 1.807) is 12.3 Å². The molecule has 0 radical (unpaired) electrons. The molecule has 2 aromatic rings. The molecule has 4 heterocycles. The van der Waals surface area contributed by atoms with Crippen molar-refractivity contribution < 1.29 is 24.5 Å². The van der Waals surface area contributed by atoms with Crippen LogP contribution in [0.4, 0.5) is 5.69 Å². The molecule has 1 fully saturated rings. The van der Waals surface area contributed by atoms with Gasteiger partial charge in [-0.25, -0.2) is 9.59 Å². The Morgan fingerprint density at radius 2 is 1.83 bits per heavy atom. The molecule has 0 amide bonds. The largest absolute Gasteiger partial charge is 0.478 e. The normalized spacial score (nSPS) is 18.8. The van der Waals surface area contributed by atoms with Crippen molar-refractivity contribution in [2.75, 3.05) is 31.2 Å². The van der Waals surface area contributed by atoms with E-state index in [-0.39, 0.29) is 11.1 Å². The molecular formula is C21H20N4O5. The number of dihydropyridines is 1. The first kappa shape index (κ1) is 19.6. The van der Waals surface area contributed by atoms with Gasteiger partial charge in [0.15, 0.2) is 0 Å². The molecule has 30 heavy (non-hydrogen) atoms. The van der Waals surface area contributed by atoms with Gasteiger partial charge in [0.1, 0.15) is 0 Å². The number of rotatable bonds is 5. The summed E-state index contributed by atoms with van der Waals surface area (Å²) in [5.41, 5.74) is 2.54. The molecule has 154 valence electrons. The maximum absolute atomic E-state index is 11.7. The summed E-state index contributed by atoms with van der Waals surface area (Å²) in [5.74, 6) is -2.17. The number of hydrogen-bond acceptors (Lipinski definition) is 7. The molecule has 9 nitrogen and oxygen atoms in total. The Kier molecular flexibility index (Phi) is 5.44. The highest BCUT2D eigenvalue weighted by Gasteiger charge is 2.23. The minimum absolute atomic E-state index is 0.0677. The van der Waals surface area contributed by atoms with Gasteiger partial charge in [0.25, 0.3) is 0 Å². The maximum Gasteiger partial charge on any atom is 0.335 e. The number of ether oxygens (including phenoxy) is 1. The number of pyridine rings is 2. The molecule has 0 aromatic carbocycles. The fourth-order valence-electron chi connectivity index (χ4n) is 3.41. The van der Waals surface area contributed by atoms with Crippen molar-refractivity contribution in [3.05, 3.63) is 71.3 Å². The lowest BCUT2D eigenvalue weighted by molar-refractivity contribution is -0.132. The smallest absolute Gasteiger partial charge is 0.335 e. The van der Waals surface area contributed by atoms with Crippen molar-refractivity contribution in [3.63, 3.8) is 0 Å². The number of carbonyl (C=O) groups is 2. The molecule has 2 aromatic heterocycles. The van der Waals surface area contributed by atoms with Crippen molar-refractivity contribution in [1.82, 2.24) is 15.3 Å². The van der Waals surface area contributed by atoms with Crippen LogP contribution in [0, 0.1) is 0 Å². The number of carboxylic acids is 2. The zero-order chi connectivity index (χ0) is 21.1. The number of morpholine rings is 1. The molecule has 1 saturated heterocycles. The Morgan fingerprint density at radius 1 is 1.07 bits per heavy atom. The molecule has 2 aliphatic heterocycles. The third-order valence-electron chi connectivity index (χ3n) is 4.95. The summed E-state index contributed by atoms with van der Waals surface area (Å²) >= 11 is 0. The zero-order valence-corrected chi connectivity index (χ0v) is 16.0. The van der Waals surface area contributed by atoms with E-state index in [1.165, 1.54) is 24.4 Å². The molecule has 3 N–H and O–H groups in total. The van der Waals surface area contributed by atoms with Crippen LogP contribution in [-0.2, 0) is 9.53 Å². The van der Waals surface area contributed by atoms with E-state index in [0.717, 1.165) is 18.8 Å². The molecule has 9 heteroatoms. The number of nitrogens with one attached hydrogen (secondary N) is 1. The van der Waals surface area contributed by atoms with Gasteiger partial charge < -0.3 is 25.2 Å². The second kappa shape index (κ2) is 8.34. The lowest BCUT2D eigenvalue weighted by atomic mass is 10.0. The Balaban J connectivity index is 1.66. The maximum atomic E-state index is 11.7. The van der Waals surface area contributed by atoms with Crippen LogP contribution < -0.4 is 10.2 Å².